The van der Waals surface area contributed by atoms with Crippen LogP contribution in [0.15, 0.2) is 46.7 Å². The maximum Gasteiger partial charge on any atom is 0.109 e. The number of nitrogens with two attached hydrogens (primary N) is 1. The molecule has 3 nitrogen and oxygen atoms in total. The summed E-state index contributed by atoms with van der Waals surface area (Å²) in [4.78, 5) is 1.32. The van der Waals surface area contributed by atoms with E-state index in [1.807, 2.05) is 18.7 Å². The average Bonchev–Trinajstić information content (AvgIpc) is 2.52. The van der Waals surface area contributed by atoms with E-state index in [1.54, 1.807) is 0 Å². The van der Waals surface area contributed by atoms with Gasteiger partial charge in [0.15, 0.2) is 0 Å². The normalized spacial score (nSPS) is 11.5. The number of benzene rings is 1. The topological polar surface area (TPSA) is 50.4 Å². The highest BCUT2D eigenvalue weighted by atomic mass is 32.2. The van der Waals surface area contributed by atoms with Gasteiger partial charge in [0, 0.05) is 4.90 Å². The highest BCUT2D eigenvalue weighted by molar-refractivity contribution is 7.99. The lowest BCUT2D eigenvalue weighted by molar-refractivity contribution is 0.627. The summed E-state index contributed by atoms with van der Waals surface area (Å²) in [6.07, 6.45) is 8.12. The van der Waals surface area contributed by atoms with Gasteiger partial charge in [-0.15, -0.1) is 11.8 Å². The first-order valence-electron chi connectivity index (χ1n) is 8.11. The molecule has 4 heteroatoms. The highest BCUT2D eigenvalue weighted by Crippen LogP contribution is 2.20. The fourth-order valence-corrected chi connectivity index (χ4v) is 3.00. The molecule has 0 heterocycles. The van der Waals surface area contributed by atoms with Crippen LogP contribution in [0.3, 0.4) is 0 Å². The average molecular weight is 320 g/mol. The fraction of sp³-hybridized carbons (Fsp3) is 0.500. The Kier molecular flexibility index (Phi) is 9.47. The summed E-state index contributed by atoms with van der Waals surface area (Å²) >= 11 is 1.93. The van der Waals surface area contributed by atoms with E-state index < -0.39 is 0 Å². The quantitative estimate of drug-likeness (QED) is 0.264. The van der Waals surface area contributed by atoms with Crippen molar-refractivity contribution in [2.24, 2.45) is 10.8 Å². The predicted molar refractivity (Wildman–Crippen MR) is 99.2 cm³/mol. The van der Waals surface area contributed by atoms with Gasteiger partial charge >= 0.3 is 0 Å². The van der Waals surface area contributed by atoms with Crippen molar-refractivity contribution in [3.63, 3.8) is 0 Å². The molecule has 1 rings (SSSR count). The standard InChI is InChI=1S/C18H29N3S/c1-4-5-6-7-8-9-14-22-18-12-10-17(11-13-18)15(2)20-21-16(3)19/h10-13,21H,3-9,14,19H2,1-2H3/b20-15+. The number of hydrazone groups is 1. The highest BCUT2D eigenvalue weighted by Gasteiger charge is 1.99. The molecule has 0 aromatic heterocycles. The van der Waals surface area contributed by atoms with Gasteiger partial charge in [-0.25, -0.2) is 0 Å². The van der Waals surface area contributed by atoms with Crippen molar-refractivity contribution in [3.8, 4) is 0 Å². The van der Waals surface area contributed by atoms with E-state index in [0.717, 1.165) is 11.3 Å². The lowest BCUT2D eigenvalue weighted by atomic mass is 10.1. The molecule has 0 aliphatic carbocycles. The van der Waals surface area contributed by atoms with Crippen LogP contribution in [0.25, 0.3) is 0 Å². The molecule has 0 amide bonds. The summed E-state index contributed by atoms with van der Waals surface area (Å²) in [6.45, 7) is 7.77. The van der Waals surface area contributed by atoms with Gasteiger partial charge < -0.3 is 5.73 Å². The Morgan fingerprint density at radius 2 is 1.77 bits per heavy atom. The molecule has 0 unspecified atom stereocenters. The molecule has 0 radical (unpaired) electrons. The minimum absolute atomic E-state index is 0.352. The molecule has 0 spiro atoms. The van der Waals surface area contributed by atoms with E-state index in [-0.39, 0.29) is 0 Å². The molecule has 3 N–H and O–H groups in total. The molecule has 22 heavy (non-hydrogen) atoms. The zero-order chi connectivity index (χ0) is 16.2. The molecule has 0 atom stereocenters. The zero-order valence-corrected chi connectivity index (χ0v) is 14.7. The smallest absolute Gasteiger partial charge is 0.109 e. The Labute approximate surface area is 139 Å². The second-order valence-electron chi connectivity index (χ2n) is 5.47. The number of nitrogens with zero attached hydrogens (tertiary/aromatic N) is 1. The maximum absolute atomic E-state index is 5.43. The van der Waals surface area contributed by atoms with Gasteiger partial charge in [-0.3, -0.25) is 5.43 Å². The summed E-state index contributed by atoms with van der Waals surface area (Å²) in [5.74, 6) is 1.55. The van der Waals surface area contributed by atoms with Crippen molar-refractivity contribution in [2.45, 2.75) is 57.3 Å². The van der Waals surface area contributed by atoms with Crippen LogP contribution in [-0.2, 0) is 0 Å². The van der Waals surface area contributed by atoms with Crippen LogP contribution in [0, 0.1) is 0 Å². The largest absolute Gasteiger partial charge is 0.385 e. The van der Waals surface area contributed by atoms with E-state index in [4.69, 9.17) is 5.73 Å². The van der Waals surface area contributed by atoms with Crippen molar-refractivity contribution < 1.29 is 0 Å². The first-order chi connectivity index (χ1) is 10.6. The second kappa shape index (κ2) is 11.2. The third-order valence-electron chi connectivity index (χ3n) is 3.41. The molecule has 0 saturated carbocycles. The van der Waals surface area contributed by atoms with E-state index in [2.05, 4.69) is 48.3 Å². The van der Waals surface area contributed by atoms with Crippen molar-refractivity contribution in [1.29, 1.82) is 0 Å². The van der Waals surface area contributed by atoms with Crippen LogP contribution in [0.1, 0.15) is 57.9 Å². The first-order valence-corrected chi connectivity index (χ1v) is 9.10. The Morgan fingerprint density at radius 3 is 2.41 bits per heavy atom. The summed E-state index contributed by atoms with van der Waals surface area (Å²) < 4.78 is 0. The van der Waals surface area contributed by atoms with E-state index in [0.29, 0.717) is 5.82 Å². The molecule has 0 bridgehead atoms. The molecular formula is C18H29N3S. The lowest BCUT2D eigenvalue weighted by Crippen LogP contribution is -2.14. The van der Waals surface area contributed by atoms with Crippen LogP contribution in [0.4, 0.5) is 0 Å². The SMILES string of the molecule is C=C(N)N/N=C(\C)c1ccc(SCCCCCCCC)cc1. The fourth-order valence-electron chi connectivity index (χ4n) is 2.08. The second-order valence-corrected chi connectivity index (χ2v) is 6.64. The molecule has 0 aliphatic heterocycles. The number of nitrogens with one attached hydrogen (secondary N) is 1. The maximum atomic E-state index is 5.43. The zero-order valence-electron chi connectivity index (χ0n) is 13.9. The molecule has 0 aliphatic rings. The van der Waals surface area contributed by atoms with Gasteiger partial charge in [-0.05, 0) is 36.8 Å². The number of hydrogen-bond acceptors (Lipinski definition) is 4. The summed E-state index contributed by atoms with van der Waals surface area (Å²) in [6, 6.07) is 8.52. The van der Waals surface area contributed by atoms with Crippen LogP contribution in [0.5, 0.6) is 0 Å². The third-order valence-corrected chi connectivity index (χ3v) is 4.50. The van der Waals surface area contributed by atoms with Gasteiger partial charge in [-0.1, -0.05) is 57.7 Å². The van der Waals surface area contributed by atoms with Crippen molar-refractivity contribution in [1.82, 2.24) is 5.43 Å². The number of thioether (sulfide) groups is 1. The van der Waals surface area contributed by atoms with Gasteiger partial charge in [0.25, 0.3) is 0 Å². The summed E-state index contributed by atoms with van der Waals surface area (Å²) in [5.41, 5.74) is 10.1. The van der Waals surface area contributed by atoms with Gasteiger partial charge in [0.1, 0.15) is 5.82 Å². The predicted octanol–water partition coefficient (Wildman–Crippen LogP) is 4.88. The Morgan fingerprint density at radius 1 is 1.14 bits per heavy atom. The van der Waals surface area contributed by atoms with Gasteiger partial charge in [0.05, 0.1) is 5.71 Å². The first kappa shape index (κ1) is 18.6. The van der Waals surface area contributed by atoms with Crippen molar-refractivity contribution >= 4 is 17.5 Å². The van der Waals surface area contributed by atoms with Crippen LogP contribution < -0.4 is 11.2 Å². The molecule has 1 aromatic rings. The van der Waals surface area contributed by atoms with E-state index in [9.17, 15) is 0 Å². The minimum Gasteiger partial charge on any atom is -0.385 e. The van der Waals surface area contributed by atoms with Gasteiger partial charge in [0.2, 0.25) is 0 Å². The Balaban J connectivity index is 2.30. The molecular weight excluding hydrogens is 290 g/mol. The molecule has 0 fully saturated rings. The summed E-state index contributed by atoms with van der Waals surface area (Å²) in [5, 5.41) is 4.17. The number of hydrogen-bond donors (Lipinski definition) is 2. The van der Waals surface area contributed by atoms with Crippen molar-refractivity contribution in [3.05, 3.63) is 42.2 Å². The van der Waals surface area contributed by atoms with E-state index in [1.165, 1.54) is 49.2 Å². The van der Waals surface area contributed by atoms with Crippen LogP contribution >= 0.6 is 11.8 Å². The Hall–Kier alpha value is -1.42. The van der Waals surface area contributed by atoms with Crippen molar-refractivity contribution in [2.75, 3.05) is 5.75 Å². The molecule has 0 saturated heterocycles. The number of unbranched alkanes of at least 4 members (excludes halogenated alkanes) is 5. The Bertz CT molecular complexity index is 466. The monoisotopic (exact) mass is 319 g/mol. The number of rotatable bonds is 11. The molecule has 1 aromatic carbocycles. The third kappa shape index (κ3) is 8.13. The van der Waals surface area contributed by atoms with Gasteiger partial charge in [-0.2, -0.15) is 5.10 Å². The molecule has 122 valence electrons. The van der Waals surface area contributed by atoms with Crippen LogP contribution in [0.2, 0.25) is 0 Å². The minimum atomic E-state index is 0.352. The lowest BCUT2D eigenvalue weighted by Gasteiger charge is -2.05. The van der Waals surface area contributed by atoms with Crippen LogP contribution in [-0.4, -0.2) is 11.5 Å². The summed E-state index contributed by atoms with van der Waals surface area (Å²) in [7, 11) is 0. The van der Waals surface area contributed by atoms with E-state index >= 15 is 0 Å².